The molecule has 0 saturated heterocycles. The van der Waals surface area contributed by atoms with Crippen molar-refractivity contribution in [3.05, 3.63) is 24.2 Å². The fraction of sp³-hybridized carbons (Fsp3) is 0.688. The van der Waals surface area contributed by atoms with Crippen LogP contribution < -0.4 is 0 Å². The Hall–Kier alpha value is -1.33. The number of esters is 1. The van der Waals surface area contributed by atoms with Crippen molar-refractivity contribution < 1.29 is 18.8 Å². The van der Waals surface area contributed by atoms with E-state index in [-0.39, 0.29) is 5.97 Å². The van der Waals surface area contributed by atoms with Crippen molar-refractivity contribution in [2.24, 2.45) is 0 Å². The van der Waals surface area contributed by atoms with Crippen LogP contribution in [0, 0.1) is 0 Å². The van der Waals surface area contributed by atoms with Crippen LogP contribution in [-0.2, 0) is 14.3 Å². The molecule has 0 aliphatic carbocycles. The summed E-state index contributed by atoms with van der Waals surface area (Å²) in [7, 11) is 2.05. The molecule has 1 aliphatic heterocycles. The fourth-order valence-corrected chi connectivity index (χ4v) is 2.39. The number of carbonyl (C=O) groups excluding carboxylic acids is 1. The number of hydrogen-bond acceptors (Lipinski definition) is 4. The summed E-state index contributed by atoms with van der Waals surface area (Å²) < 4.78 is 11.1. The molecule has 0 amide bonds. The Labute approximate surface area is 128 Å². The van der Waals surface area contributed by atoms with Crippen LogP contribution in [0.3, 0.4) is 0 Å². The maximum absolute atomic E-state index is 12.0. The van der Waals surface area contributed by atoms with Gasteiger partial charge in [-0.05, 0) is 20.3 Å². The Morgan fingerprint density at radius 2 is 2.14 bits per heavy atom. The number of unbranched alkanes of at least 4 members (excludes halogenated alkanes) is 1. The highest BCUT2D eigenvalue weighted by Gasteiger charge is 2.29. The van der Waals surface area contributed by atoms with Gasteiger partial charge in [0, 0.05) is 13.7 Å². The van der Waals surface area contributed by atoms with Crippen LogP contribution >= 0.6 is 0 Å². The maximum atomic E-state index is 12.0. The van der Waals surface area contributed by atoms with Crippen LogP contribution in [-0.4, -0.2) is 55.4 Å². The molecule has 0 radical (unpaired) electrons. The highest BCUT2D eigenvalue weighted by atomic mass is 16.6. The summed E-state index contributed by atoms with van der Waals surface area (Å²) >= 11 is 0. The van der Waals surface area contributed by atoms with E-state index < -0.39 is 0 Å². The standard InChI is InChI=1S/C16H29N2O3/c1-5-7-9-18(10-8-17(4)14-18)13-15(3)16(19)21-12-11-20-6-2/h8,10,13H,5-7,9,11-12,14H2,1-4H3/q+1. The van der Waals surface area contributed by atoms with Crippen molar-refractivity contribution in [3.63, 3.8) is 0 Å². The summed E-state index contributed by atoms with van der Waals surface area (Å²) in [5.41, 5.74) is 0.655. The number of hydrogen-bond donors (Lipinski definition) is 0. The van der Waals surface area contributed by atoms with Crippen molar-refractivity contribution in [2.75, 3.05) is 40.1 Å². The molecule has 0 N–H and O–H groups in total. The average Bonchev–Trinajstić information content (AvgIpc) is 2.82. The Morgan fingerprint density at radius 3 is 2.71 bits per heavy atom. The van der Waals surface area contributed by atoms with E-state index in [2.05, 4.69) is 24.2 Å². The van der Waals surface area contributed by atoms with Gasteiger partial charge in [0.1, 0.15) is 19.0 Å². The Morgan fingerprint density at radius 1 is 1.38 bits per heavy atom. The van der Waals surface area contributed by atoms with Crippen molar-refractivity contribution in [3.8, 4) is 0 Å². The van der Waals surface area contributed by atoms with Crippen LogP contribution in [0.4, 0.5) is 0 Å². The van der Waals surface area contributed by atoms with Crippen LogP contribution in [0.5, 0.6) is 0 Å². The first-order valence-corrected chi connectivity index (χ1v) is 7.73. The third kappa shape index (κ3) is 5.89. The predicted molar refractivity (Wildman–Crippen MR) is 83.0 cm³/mol. The van der Waals surface area contributed by atoms with E-state index in [9.17, 15) is 4.79 Å². The number of nitrogens with zero attached hydrogens (tertiary/aromatic N) is 2. The molecule has 0 spiro atoms. The second kappa shape index (κ2) is 8.85. The zero-order valence-electron chi connectivity index (χ0n) is 13.8. The molecule has 1 unspecified atom stereocenters. The van der Waals surface area contributed by atoms with Crippen LogP contribution in [0.15, 0.2) is 24.2 Å². The highest BCUT2D eigenvalue weighted by Crippen LogP contribution is 2.21. The predicted octanol–water partition coefficient (Wildman–Crippen LogP) is 2.46. The Bertz CT molecular complexity index is 393. The van der Waals surface area contributed by atoms with Gasteiger partial charge in [-0.3, -0.25) is 4.48 Å². The highest BCUT2D eigenvalue weighted by molar-refractivity contribution is 5.87. The van der Waals surface area contributed by atoms with Crippen molar-refractivity contribution >= 4 is 5.97 Å². The molecule has 0 saturated carbocycles. The summed E-state index contributed by atoms with van der Waals surface area (Å²) in [4.78, 5) is 14.1. The molecule has 1 heterocycles. The summed E-state index contributed by atoms with van der Waals surface area (Å²) in [6.45, 7) is 9.19. The molecule has 1 rings (SSSR count). The first kappa shape index (κ1) is 17.7. The molecule has 0 fully saturated rings. The fourth-order valence-electron chi connectivity index (χ4n) is 2.39. The molecule has 0 bridgehead atoms. The van der Waals surface area contributed by atoms with E-state index in [0.717, 1.165) is 26.1 Å². The largest absolute Gasteiger partial charge is 0.460 e. The number of rotatable bonds is 9. The van der Waals surface area contributed by atoms with E-state index >= 15 is 0 Å². The summed E-state index contributed by atoms with van der Waals surface area (Å²) in [5.74, 6) is -0.258. The molecule has 0 aromatic carbocycles. The van der Waals surface area contributed by atoms with Crippen LogP contribution in [0.25, 0.3) is 0 Å². The van der Waals surface area contributed by atoms with Crippen LogP contribution in [0.2, 0.25) is 0 Å². The van der Waals surface area contributed by atoms with Gasteiger partial charge >= 0.3 is 5.97 Å². The molecular formula is C16H29N2O3+. The second-order valence-electron chi connectivity index (χ2n) is 5.52. The lowest BCUT2D eigenvalue weighted by molar-refractivity contribution is -0.830. The second-order valence-corrected chi connectivity index (χ2v) is 5.52. The monoisotopic (exact) mass is 297 g/mol. The number of carbonyl (C=O) groups is 1. The van der Waals surface area contributed by atoms with Crippen LogP contribution in [0.1, 0.15) is 33.6 Å². The van der Waals surface area contributed by atoms with Gasteiger partial charge in [-0.1, -0.05) is 13.3 Å². The maximum Gasteiger partial charge on any atom is 0.339 e. The number of quaternary nitrogens is 1. The van der Waals surface area contributed by atoms with Gasteiger partial charge in [0.05, 0.1) is 24.9 Å². The zero-order valence-corrected chi connectivity index (χ0v) is 13.8. The van der Waals surface area contributed by atoms with Gasteiger partial charge in [-0.25, -0.2) is 4.79 Å². The Kier molecular flexibility index (Phi) is 7.47. The summed E-state index contributed by atoms with van der Waals surface area (Å²) in [5, 5.41) is 0. The molecule has 5 nitrogen and oxygen atoms in total. The molecule has 1 atom stereocenters. The molecule has 0 aromatic rings. The van der Waals surface area contributed by atoms with Gasteiger partial charge in [0.15, 0.2) is 6.67 Å². The minimum absolute atomic E-state index is 0.258. The summed E-state index contributed by atoms with van der Waals surface area (Å²) in [6, 6.07) is 0. The molecule has 0 aromatic heterocycles. The zero-order chi connectivity index (χ0) is 15.7. The van der Waals surface area contributed by atoms with Crippen molar-refractivity contribution in [2.45, 2.75) is 33.6 Å². The number of ether oxygens (including phenoxy) is 2. The van der Waals surface area contributed by atoms with Gasteiger partial charge in [-0.2, -0.15) is 0 Å². The smallest absolute Gasteiger partial charge is 0.339 e. The van der Waals surface area contributed by atoms with E-state index in [0.29, 0.717) is 29.9 Å². The van der Waals surface area contributed by atoms with Gasteiger partial charge < -0.3 is 14.4 Å². The first-order chi connectivity index (χ1) is 10.0. The molecule has 1 aliphatic rings. The van der Waals surface area contributed by atoms with Crippen molar-refractivity contribution in [1.82, 2.24) is 4.90 Å². The van der Waals surface area contributed by atoms with E-state index in [4.69, 9.17) is 9.47 Å². The van der Waals surface area contributed by atoms with E-state index in [1.165, 1.54) is 0 Å². The summed E-state index contributed by atoms with van der Waals surface area (Å²) in [6.07, 6.45) is 8.50. The van der Waals surface area contributed by atoms with Gasteiger partial charge in [0.25, 0.3) is 0 Å². The topological polar surface area (TPSA) is 38.8 Å². The lowest BCUT2D eigenvalue weighted by Gasteiger charge is -2.28. The quantitative estimate of drug-likeness (QED) is 0.284. The lowest BCUT2D eigenvalue weighted by Crippen LogP contribution is -2.40. The van der Waals surface area contributed by atoms with Crippen molar-refractivity contribution in [1.29, 1.82) is 0 Å². The lowest BCUT2D eigenvalue weighted by atomic mass is 10.2. The third-order valence-corrected chi connectivity index (χ3v) is 3.47. The van der Waals surface area contributed by atoms with E-state index in [1.807, 2.05) is 27.1 Å². The normalized spacial score (nSPS) is 21.9. The van der Waals surface area contributed by atoms with E-state index in [1.54, 1.807) is 0 Å². The van der Waals surface area contributed by atoms with Gasteiger partial charge in [-0.15, -0.1) is 0 Å². The molecule has 120 valence electrons. The molecular weight excluding hydrogens is 268 g/mol. The molecule has 21 heavy (non-hydrogen) atoms. The third-order valence-electron chi connectivity index (χ3n) is 3.47. The SMILES string of the molecule is CCCC[N+]1(C=C(C)C(=O)OCCOCC)C=CN(C)C1. The average molecular weight is 297 g/mol. The van der Waals surface area contributed by atoms with Gasteiger partial charge in [0.2, 0.25) is 0 Å². The minimum atomic E-state index is -0.258. The Balaban J connectivity index is 2.62. The molecule has 5 heteroatoms. The first-order valence-electron chi connectivity index (χ1n) is 7.73. The minimum Gasteiger partial charge on any atom is -0.460 e.